The van der Waals surface area contributed by atoms with E-state index in [1.165, 1.54) is 71.3 Å². The lowest BCUT2D eigenvalue weighted by Gasteiger charge is -2.33. The first kappa shape index (κ1) is 34.2. The second-order valence-electron chi connectivity index (χ2n) is 13.3. The summed E-state index contributed by atoms with van der Waals surface area (Å²) in [5.41, 5.74) is 3.47. The Balaban J connectivity index is 0.000000183. The fourth-order valence-electron chi connectivity index (χ4n) is 7.71. The molecule has 0 aromatic heterocycles. The molecule has 0 spiro atoms. The number of methoxy groups -OCH3 is 4. The molecule has 2 aliphatic heterocycles. The van der Waals surface area contributed by atoms with Crippen LogP contribution in [0, 0.1) is 5.92 Å². The molecule has 3 atom stereocenters. The lowest BCUT2D eigenvalue weighted by molar-refractivity contribution is -0.144. The van der Waals surface area contributed by atoms with Gasteiger partial charge in [-0.2, -0.15) is 0 Å². The van der Waals surface area contributed by atoms with Gasteiger partial charge in [-0.15, -0.1) is 0 Å². The first-order valence-corrected chi connectivity index (χ1v) is 17.1. The highest BCUT2D eigenvalue weighted by Gasteiger charge is 2.33. The number of benzene rings is 4. The van der Waals surface area contributed by atoms with Crippen LogP contribution in [-0.2, 0) is 22.5 Å². The van der Waals surface area contributed by atoms with E-state index in [0.29, 0.717) is 17.5 Å². The minimum atomic E-state index is -0.364. The van der Waals surface area contributed by atoms with E-state index in [1.807, 2.05) is 0 Å². The molecule has 260 valence electrons. The number of nitrogens with zero attached hydrogens (tertiary/aromatic N) is 1. The number of carbonyl (C=O) groups is 1. The molecule has 2 N–H and O–H groups in total. The Kier molecular flexibility index (Phi) is 10.4. The smallest absolute Gasteiger partial charge is 0.331 e. The molecule has 7 rings (SSSR count). The Hall–Kier alpha value is -4.63. The van der Waals surface area contributed by atoms with E-state index in [1.54, 1.807) is 40.6 Å². The first-order valence-electron chi connectivity index (χ1n) is 17.1. The number of phenolic OH excluding ortho intramolecular Hbond substituents is 2. The quantitative estimate of drug-likeness (QED) is 0.0883. The summed E-state index contributed by atoms with van der Waals surface area (Å²) in [4.78, 5) is 14.4. The van der Waals surface area contributed by atoms with Gasteiger partial charge in [0.25, 0.3) is 0 Å². The molecular weight excluding hydrogens is 622 g/mol. The van der Waals surface area contributed by atoms with Crippen molar-refractivity contribution in [2.45, 2.75) is 70.6 Å². The largest absolute Gasteiger partial charge is 0.504 e. The van der Waals surface area contributed by atoms with E-state index >= 15 is 0 Å². The van der Waals surface area contributed by atoms with Crippen LogP contribution in [0.25, 0.3) is 27.6 Å². The maximum atomic E-state index is 11.7. The van der Waals surface area contributed by atoms with Crippen LogP contribution in [-0.4, -0.2) is 68.2 Å². The minimum Gasteiger partial charge on any atom is -0.504 e. The number of carbonyl (C=O) groups excluding carboxylic acids is 1. The number of ether oxygens (including phenoxy) is 5. The van der Waals surface area contributed by atoms with Crippen molar-refractivity contribution in [3.8, 4) is 34.5 Å². The zero-order valence-electron chi connectivity index (χ0n) is 29.1. The molecule has 0 radical (unpaired) electrons. The minimum absolute atomic E-state index is 0.0177. The van der Waals surface area contributed by atoms with Crippen LogP contribution >= 0.6 is 0 Å². The highest BCUT2D eigenvalue weighted by atomic mass is 16.5. The van der Waals surface area contributed by atoms with Gasteiger partial charge >= 0.3 is 5.97 Å². The Morgan fingerprint density at radius 2 is 1.37 bits per heavy atom. The Bertz CT molecular complexity index is 1780. The van der Waals surface area contributed by atoms with Crippen molar-refractivity contribution in [2.75, 3.05) is 35.0 Å². The van der Waals surface area contributed by atoms with E-state index in [-0.39, 0.29) is 23.6 Å². The number of fused-ring (bicyclic) bond motifs is 7. The van der Waals surface area contributed by atoms with Gasteiger partial charge < -0.3 is 33.9 Å². The van der Waals surface area contributed by atoms with Crippen molar-refractivity contribution in [3.63, 3.8) is 0 Å². The van der Waals surface area contributed by atoms with Gasteiger partial charge in [-0.1, -0.05) is 19.4 Å². The summed E-state index contributed by atoms with van der Waals surface area (Å²) in [7, 11) is 6.76. The van der Waals surface area contributed by atoms with Crippen LogP contribution in [0.5, 0.6) is 34.5 Å². The summed E-state index contributed by atoms with van der Waals surface area (Å²) < 4.78 is 27.9. The van der Waals surface area contributed by atoms with E-state index in [0.717, 1.165) is 60.6 Å². The molecule has 4 aromatic carbocycles. The third kappa shape index (κ3) is 7.22. The van der Waals surface area contributed by atoms with Gasteiger partial charge in [0, 0.05) is 18.7 Å². The molecule has 3 unspecified atom stereocenters. The molecule has 0 bridgehead atoms. The molecule has 2 heterocycles. The average Bonchev–Trinajstić information content (AvgIpc) is 3.58. The lowest BCUT2D eigenvalue weighted by atomic mass is 9.85. The SMILES string of the molecule is CC1CCCC(OC(=O)/C=C/c2ccc(O)c(O)c2)C1.COc1cc2c3c(c4cc(OC)c(OC)cc4c2cc1OC)CN1CCCC1C3. The highest BCUT2D eigenvalue weighted by Crippen LogP contribution is 2.46. The summed E-state index contributed by atoms with van der Waals surface area (Å²) in [5, 5.41) is 23.4. The van der Waals surface area contributed by atoms with Crippen molar-refractivity contribution >= 4 is 33.6 Å². The van der Waals surface area contributed by atoms with E-state index in [2.05, 4.69) is 36.1 Å². The van der Waals surface area contributed by atoms with Crippen molar-refractivity contribution < 1.29 is 38.7 Å². The third-order valence-corrected chi connectivity index (χ3v) is 10.2. The van der Waals surface area contributed by atoms with Gasteiger partial charge in [-0.05, 0) is 132 Å². The van der Waals surface area contributed by atoms with Gasteiger partial charge in [0.1, 0.15) is 6.10 Å². The van der Waals surface area contributed by atoms with Crippen LogP contribution in [0.1, 0.15) is 62.1 Å². The van der Waals surface area contributed by atoms with Gasteiger partial charge in [0.2, 0.25) is 0 Å². The number of hydrogen-bond acceptors (Lipinski definition) is 9. The average molecular weight is 670 g/mol. The number of aromatic hydroxyl groups is 2. The molecule has 0 amide bonds. The van der Waals surface area contributed by atoms with E-state index in [4.69, 9.17) is 23.7 Å². The maximum absolute atomic E-state index is 11.7. The van der Waals surface area contributed by atoms with Gasteiger partial charge in [-0.3, -0.25) is 4.90 Å². The van der Waals surface area contributed by atoms with Crippen molar-refractivity contribution in [2.24, 2.45) is 5.92 Å². The van der Waals surface area contributed by atoms with Crippen molar-refractivity contribution in [1.82, 2.24) is 4.90 Å². The van der Waals surface area contributed by atoms with Crippen LogP contribution in [0.3, 0.4) is 0 Å². The zero-order valence-corrected chi connectivity index (χ0v) is 29.1. The number of phenols is 2. The molecule has 1 saturated heterocycles. The van der Waals surface area contributed by atoms with Crippen LogP contribution in [0.4, 0.5) is 0 Å². The van der Waals surface area contributed by atoms with E-state index < -0.39 is 0 Å². The molecule has 1 saturated carbocycles. The van der Waals surface area contributed by atoms with Crippen LogP contribution < -0.4 is 18.9 Å². The highest BCUT2D eigenvalue weighted by molar-refractivity contribution is 6.13. The van der Waals surface area contributed by atoms with Gasteiger partial charge in [-0.25, -0.2) is 4.79 Å². The summed E-state index contributed by atoms with van der Waals surface area (Å²) in [6.07, 6.45) is 10.7. The Labute approximate surface area is 288 Å². The molecule has 3 aliphatic rings. The molecular formula is C40H47NO8. The topological polar surface area (TPSA) is 107 Å². The number of hydrogen-bond donors (Lipinski definition) is 2. The number of esters is 1. The summed E-state index contributed by atoms with van der Waals surface area (Å²) in [5.74, 6) is 2.89. The first-order chi connectivity index (χ1) is 23.7. The standard InChI is InChI=1S/C24H27NO4.C16H20O4/c1-26-21-9-16-15-8-14-6-5-7-25(14)13-20(15)19-12-24(29-4)23(28-3)11-18(19)17(16)10-22(21)27-2;1-11-3-2-4-13(9-11)20-16(19)8-6-12-5-7-14(17)15(18)10-12/h9-12,14H,5-8,13H2,1-4H3;5-8,10-11,13,17-18H,2-4,9H2,1H3/b;8-6+. The molecule has 9 heteroatoms. The molecule has 4 aromatic rings. The van der Waals surface area contributed by atoms with Crippen LogP contribution in [0.15, 0.2) is 48.5 Å². The van der Waals surface area contributed by atoms with Crippen molar-refractivity contribution in [3.05, 3.63) is 65.2 Å². The Morgan fingerprint density at radius 3 is 1.96 bits per heavy atom. The summed E-state index contributed by atoms with van der Waals surface area (Å²) in [6.45, 7) is 4.34. The second kappa shape index (κ2) is 14.9. The predicted octanol–water partition coefficient (Wildman–Crippen LogP) is 7.78. The molecule has 9 nitrogen and oxygen atoms in total. The lowest BCUT2D eigenvalue weighted by Crippen LogP contribution is -2.35. The monoisotopic (exact) mass is 669 g/mol. The van der Waals surface area contributed by atoms with Gasteiger partial charge in [0.15, 0.2) is 34.5 Å². The second-order valence-corrected chi connectivity index (χ2v) is 13.3. The summed E-state index contributed by atoms with van der Waals surface area (Å²) >= 11 is 0. The molecule has 1 aliphatic carbocycles. The van der Waals surface area contributed by atoms with Gasteiger partial charge in [0.05, 0.1) is 28.4 Å². The fourth-order valence-corrected chi connectivity index (χ4v) is 7.71. The zero-order chi connectivity index (χ0) is 34.7. The van der Waals surface area contributed by atoms with Crippen LogP contribution in [0.2, 0.25) is 0 Å². The Morgan fingerprint density at radius 1 is 0.755 bits per heavy atom. The normalized spacial score (nSPS) is 20.3. The van der Waals surface area contributed by atoms with E-state index in [9.17, 15) is 15.0 Å². The van der Waals surface area contributed by atoms with Crippen molar-refractivity contribution in [1.29, 1.82) is 0 Å². The molecule has 49 heavy (non-hydrogen) atoms. The molecule has 2 fully saturated rings. The predicted molar refractivity (Wildman–Crippen MR) is 191 cm³/mol. The maximum Gasteiger partial charge on any atom is 0.331 e. The third-order valence-electron chi connectivity index (χ3n) is 10.2. The summed E-state index contributed by atoms with van der Waals surface area (Å²) in [6, 6.07) is 13.5. The fraction of sp³-hybridized carbons (Fsp3) is 0.425. The number of rotatable bonds is 7.